The zero-order valence-electron chi connectivity index (χ0n) is 8.76. The lowest BCUT2D eigenvalue weighted by atomic mass is 10.2. The molecule has 0 saturated carbocycles. The fraction of sp³-hybridized carbons (Fsp3) is 0.250. The van der Waals surface area contributed by atoms with E-state index >= 15 is 0 Å². The number of para-hydroxylation sites is 1. The van der Waals surface area contributed by atoms with Crippen LogP contribution in [0.5, 0.6) is 0 Å². The molecule has 1 aromatic heterocycles. The molecule has 0 atom stereocenters. The molecule has 0 aliphatic heterocycles. The van der Waals surface area contributed by atoms with E-state index in [-0.39, 0.29) is 0 Å². The molecule has 2 heteroatoms. The van der Waals surface area contributed by atoms with Gasteiger partial charge in [-0.05, 0) is 19.1 Å². The van der Waals surface area contributed by atoms with Crippen LogP contribution in [0.4, 0.5) is 0 Å². The van der Waals surface area contributed by atoms with E-state index in [1.54, 1.807) is 0 Å². The number of nitrogens with one attached hydrogen (secondary N) is 1. The summed E-state index contributed by atoms with van der Waals surface area (Å²) in [6.45, 7) is 5.99. The number of hydrogen-bond acceptors (Lipinski definition) is 1. The summed E-state index contributed by atoms with van der Waals surface area (Å²) in [5.74, 6) is 0. The maximum Gasteiger partial charge on any atom is 0.101 e. The number of aromatic nitrogens is 1. The number of nitriles is 1. The number of aryl methyl sites for hydroxylation is 1. The van der Waals surface area contributed by atoms with Crippen LogP contribution in [0, 0.1) is 18.3 Å². The molecule has 0 unspecified atom stereocenters. The molecule has 0 radical (unpaired) electrons. The van der Waals surface area contributed by atoms with Crippen molar-refractivity contribution in [3.05, 3.63) is 35.5 Å². The van der Waals surface area contributed by atoms with E-state index in [4.69, 9.17) is 5.26 Å². The van der Waals surface area contributed by atoms with Gasteiger partial charge in [-0.25, -0.2) is 0 Å². The molecule has 0 amide bonds. The molecule has 14 heavy (non-hydrogen) atoms. The molecule has 2 rings (SSSR count). The number of fused-ring (bicyclic) bond motifs is 1. The summed E-state index contributed by atoms with van der Waals surface area (Å²) in [6, 6.07) is 9.90. The van der Waals surface area contributed by atoms with Gasteiger partial charge < -0.3 is 4.98 Å². The molecule has 1 aromatic carbocycles. The Balaban J connectivity index is 0.000000461. The van der Waals surface area contributed by atoms with E-state index in [0.29, 0.717) is 5.56 Å². The van der Waals surface area contributed by atoms with Gasteiger partial charge in [0.05, 0.1) is 11.1 Å². The Morgan fingerprint density at radius 1 is 1.29 bits per heavy atom. The number of nitrogens with zero attached hydrogens (tertiary/aromatic N) is 1. The first-order chi connectivity index (χ1) is 6.81. The molecule has 1 N–H and O–H groups in total. The van der Waals surface area contributed by atoms with E-state index in [9.17, 15) is 0 Å². The summed E-state index contributed by atoms with van der Waals surface area (Å²) in [7, 11) is 0. The van der Waals surface area contributed by atoms with Crippen LogP contribution < -0.4 is 0 Å². The second-order valence-corrected chi connectivity index (χ2v) is 2.83. The van der Waals surface area contributed by atoms with Gasteiger partial charge >= 0.3 is 0 Å². The Hall–Kier alpha value is -1.75. The number of benzene rings is 1. The van der Waals surface area contributed by atoms with Crippen molar-refractivity contribution in [1.29, 1.82) is 5.26 Å². The standard InChI is InChI=1S/C10H8N2.C2H6/c1-7-5-8-3-2-4-9(6-11)10(8)12-7;1-2/h2-5,12H,1H3;1-2H3. The van der Waals surface area contributed by atoms with Gasteiger partial charge in [-0.1, -0.05) is 26.0 Å². The average molecular weight is 186 g/mol. The van der Waals surface area contributed by atoms with Crippen LogP contribution >= 0.6 is 0 Å². The van der Waals surface area contributed by atoms with Crippen molar-refractivity contribution in [2.24, 2.45) is 0 Å². The molecule has 0 fully saturated rings. The highest BCUT2D eigenvalue weighted by atomic mass is 14.7. The largest absolute Gasteiger partial charge is 0.358 e. The van der Waals surface area contributed by atoms with Crippen molar-refractivity contribution >= 4 is 10.9 Å². The van der Waals surface area contributed by atoms with Crippen molar-refractivity contribution in [1.82, 2.24) is 4.98 Å². The summed E-state index contributed by atoms with van der Waals surface area (Å²) in [4.78, 5) is 3.16. The van der Waals surface area contributed by atoms with Crippen LogP contribution in [-0.4, -0.2) is 4.98 Å². The maximum atomic E-state index is 8.77. The van der Waals surface area contributed by atoms with Crippen LogP contribution in [0.1, 0.15) is 25.1 Å². The monoisotopic (exact) mass is 186 g/mol. The first-order valence-corrected chi connectivity index (χ1v) is 4.79. The Bertz CT molecular complexity index is 461. The van der Waals surface area contributed by atoms with Crippen molar-refractivity contribution in [2.75, 3.05) is 0 Å². The average Bonchev–Trinajstić information content (AvgIpc) is 2.60. The minimum atomic E-state index is 0.709. The Kier molecular flexibility index (Phi) is 3.30. The van der Waals surface area contributed by atoms with Gasteiger partial charge in [0.25, 0.3) is 0 Å². The smallest absolute Gasteiger partial charge is 0.101 e. The van der Waals surface area contributed by atoms with E-state index in [0.717, 1.165) is 16.6 Å². The van der Waals surface area contributed by atoms with E-state index in [1.807, 2.05) is 45.0 Å². The highest BCUT2D eigenvalue weighted by Gasteiger charge is 2.00. The van der Waals surface area contributed by atoms with Gasteiger partial charge in [-0.2, -0.15) is 5.26 Å². The molecule has 0 aliphatic carbocycles. The highest BCUT2D eigenvalue weighted by molar-refractivity contribution is 5.85. The van der Waals surface area contributed by atoms with Crippen LogP contribution in [0.15, 0.2) is 24.3 Å². The van der Waals surface area contributed by atoms with E-state index in [2.05, 4.69) is 11.1 Å². The van der Waals surface area contributed by atoms with E-state index < -0.39 is 0 Å². The lowest BCUT2D eigenvalue weighted by Crippen LogP contribution is -1.76. The number of hydrogen-bond donors (Lipinski definition) is 1. The third-order valence-corrected chi connectivity index (χ3v) is 1.91. The summed E-state index contributed by atoms with van der Waals surface area (Å²) in [5, 5.41) is 9.88. The van der Waals surface area contributed by atoms with Gasteiger partial charge in [-0.3, -0.25) is 0 Å². The van der Waals surface area contributed by atoms with Crippen LogP contribution in [0.3, 0.4) is 0 Å². The van der Waals surface area contributed by atoms with Crippen LogP contribution in [0.25, 0.3) is 10.9 Å². The molecular formula is C12H14N2. The highest BCUT2D eigenvalue weighted by Crippen LogP contribution is 2.17. The third kappa shape index (κ3) is 1.77. The summed E-state index contributed by atoms with van der Waals surface area (Å²) >= 11 is 0. The van der Waals surface area contributed by atoms with Crippen molar-refractivity contribution in [3.8, 4) is 6.07 Å². The molecule has 0 saturated heterocycles. The van der Waals surface area contributed by atoms with Crippen LogP contribution in [0.2, 0.25) is 0 Å². The van der Waals surface area contributed by atoms with Gasteiger partial charge in [0.2, 0.25) is 0 Å². The number of H-pyrrole nitrogens is 1. The normalized spacial score (nSPS) is 9.00. The Labute approximate surface area is 84.2 Å². The summed E-state index contributed by atoms with van der Waals surface area (Å²) in [5.41, 5.74) is 2.74. The SMILES string of the molecule is CC.Cc1cc2cccc(C#N)c2[nH]1. The molecule has 2 aromatic rings. The predicted molar refractivity (Wildman–Crippen MR) is 59.1 cm³/mol. The Morgan fingerprint density at radius 2 is 2.00 bits per heavy atom. The molecular weight excluding hydrogens is 172 g/mol. The second kappa shape index (κ2) is 4.48. The van der Waals surface area contributed by atoms with E-state index in [1.165, 1.54) is 0 Å². The zero-order valence-corrected chi connectivity index (χ0v) is 8.76. The molecule has 0 spiro atoms. The first kappa shape index (κ1) is 10.3. The fourth-order valence-electron chi connectivity index (χ4n) is 1.39. The predicted octanol–water partition coefficient (Wildman–Crippen LogP) is 3.37. The van der Waals surface area contributed by atoms with Crippen LogP contribution in [-0.2, 0) is 0 Å². The second-order valence-electron chi connectivity index (χ2n) is 2.83. The fourth-order valence-corrected chi connectivity index (χ4v) is 1.39. The summed E-state index contributed by atoms with van der Waals surface area (Å²) in [6.07, 6.45) is 0. The van der Waals surface area contributed by atoms with Crippen molar-refractivity contribution in [3.63, 3.8) is 0 Å². The topological polar surface area (TPSA) is 39.6 Å². The van der Waals surface area contributed by atoms with Gasteiger partial charge in [0.1, 0.15) is 6.07 Å². The van der Waals surface area contributed by atoms with Crippen molar-refractivity contribution < 1.29 is 0 Å². The molecule has 2 nitrogen and oxygen atoms in total. The van der Waals surface area contributed by atoms with Crippen molar-refractivity contribution in [2.45, 2.75) is 20.8 Å². The lowest BCUT2D eigenvalue weighted by Gasteiger charge is -1.90. The molecule has 72 valence electrons. The minimum absolute atomic E-state index is 0.709. The molecule has 0 bridgehead atoms. The quantitative estimate of drug-likeness (QED) is 0.673. The number of rotatable bonds is 0. The Morgan fingerprint density at radius 3 is 2.64 bits per heavy atom. The summed E-state index contributed by atoms with van der Waals surface area (Å²) < 4.78 is 0. The van der Waals surface area contributed by atoms with Gasteiger partial charge in [-0.15, -0.1) is 0 Å². The molecule has 1 heterocycles. The lowest BCUT2D eigenvalue weighted by molar-refractivity contribution is 1.30. The maximum absolute atomic E-state index is 8.77. The molecule has 0 aliphatic rings. The van der Waals surface area contributed by atoms with Gasteiger partial charge in [0.15, 0.2) is 0 Å². The number of aromatic amines is 1. The first-order valence-electron chi connectivity index (χ1n) is 4.79. The van der Waals surface area contributed by atoms with Gasteiger partial charge in [0, 0.05) is 11.1 Å². The third-order valence-electron chi connectivity index (χ3n) is 1.91. The zero-order chi connectivity index (χ0) is 10.6. The minimum Gasteiger partial charge on any atom is -0.358 e.